The van der Waals surface area contributed by atoms with Crippen LogP contribution in [0.2, 0.25) is 0 Å². The zero-order valence-corrected chi connectivity index (χ0v) is 12.9. The fourth-order valence-electron chi connectivity index (χ4n) is 2.60. The van der Waals surface area contributed by atoms with E-state index in [0.29, 0.717) is 6.42 Å². The van der Waals surface area contributed by atoms with Gasteiger partial charge in [0.2, 0.25) is 0 Å². The van der Waals surface area contributed by atoms with Gasteiger partial charge in [0, 0.05) is 11.5 Å². The van der Waals surface area contributed by atoms with Gasteiger partial charge < -0.3 is 15.6 Å². The van der Waals surface area contributed by atoms with E-state index in [1.165, 1.54) is 0 Å². The van der Waals surface area contributed by atoms with E-state index in [-0.39, 0.29) is 36.6 Å². The number of benzene rings is 1. The first-order valence-corrected chi connectivity index (χ1v) is 7.42. The molecule has 0 aromatic heterocycles. The fraction of sp³-hybridized carbons (Fsp3) is 0.562. The Labute approximate surface area is 129 Å². The molecule has 1 aromatic rings. The molecule has 6 heteroatoms. The minimum Gasteiger partial charge on any atom is -0.466 e. The molecule has 1 aromatic carbocycles. The summed E-state index contributed by atoms with van der Waals surface area (Å²) in [5.41, 5.74) is 5.67. The van der Waals surface area contributed by atoms with Crippen LogP contribution in [0.15, 0.2) is 12.1 Å². The molecule has 0 radical (unpaired) electrons. The summed E-state index contributed by atoms with van der Waals surface area (Å²) in [6.45, 7) is 3.49. The molecule has 0 fully saturated rings. The number of hydrogen-bond acceptors (Lipinski definition) is 4. The Balaban J connectivity index is 3.23. The molecule has 0 bridgehead atoms. The second-order valence-electron chi connectivity index (χ2n) is 5.15. The average Bonchev–Trinajstić information content (AvgIpc) is 2.47. The van der Waals surface area contributed by atoms with Crippen molar-refractivity contribution in [1.29, 1.82) is 0 Å². The van der Waals surface area contributed by atoms with Crippen LogP contribution >= 0.6 is 0 Å². The van der Waals surface area contributed by atoms with Crippen LogP contribution in [-0.4, -0.2) is 24.2 Å². The van der Waals surface area contributed by atoms with E-state index in [1.807, 2.05) is 6.92 Å². The number of halogens is 2. The predicted octanol–water partition coefficient (Wildman–Crippen LogP) is 2.48. The monoisotopic (exact) mass is 315 g/mol. The zero-order chi connectivity index (χ0) is 16.7. The third-order valence-corrected chi connectivity index (χ3v) is 3.78. The van der Waals surface area contributed by atoms with Crippen molar-refractivity contribution in [3.8, 4) is 0 Å². The summed E-state index contributed by atoms with van der Waals surface area (Å²) >= 11 is 0. The van der Waals surface area contributed by atoms with Crippen LogP contribution in [0.3, 0.4) is 0 Å². The van der Waals surface area contributed by atoms with Gasteiger partial charge in [0.15, 0.2) is 0 Å². The SMILES string of the molecule is CCOC(=O)CC(c1c(F)cc(CO)cc1F)C(CC)CN. The van der Waals surface area contributed by atoms with Gasteiger partial charge in [-0.15, -0.1) is 0 Å². The molecule has 0 heterocycles. The maximum absolute atomic E-state index is 14.3. The molecule has 2 unspecified atom stereocenters. The van der Waals surface area contributed by atoms with Gasteiger partial charge in [-0.2, -0.15) is 0 Å². The minimum absolute atomic E-state index is 0.129. The Morgan fingerprint density at radius 1 is 1.32 bits per heavy atom. The van der Waals surface area contributed by atoms with Gasteiger partial charge in [0.1, 0.15) is 11.6 Å². The van der Waals surface area contributed by atoms with E-state index < -0.39 is 30.1 Å². The lowest BCUT2D eigenvalue weighted by molar-refractivity contribution is -0.143. The predicted molar refractivity (Wildman–Crippen MR) is 79.1 cm³/mol. The quantitative estimate of drug-likeness (QED) is 0.723. The average molecular weight is 315 g/mol. The van der Waals surface area contributed by atoms with E-state index >= 15 is 0 Å². The Bertz CT molecular complexity index is 481. The molecule has 124 valence electrons. The number of aliphatic hydroxyl groups excluding tert-OH is 1. The number of ether oxygens (including phenoxy) is 1. The van der Waals surface area contributed by atoms with Crippen molar-refractivity contribution >= 4 is 5.97 Å². The molecule has 22 heavy (non-hydrogen) atoms. The summed E-state index contributed by atoms with van der Waals surface area (Å²) in [7, 11) is 0. The molecular formula is C16H23F2NO3. The van der Waals surface area contributed by atoms with Crippen molar-refractivity contribution in [2.75, 3.05) is 13.2 Å². The summed E-state index contributed by atoms with van der Waals surface area (Å²) < 4.78 is 33.4. The topological polar surface area (TPSA) is 72.5 Å². The maximum Gasteiger partial charge on any atom is 0.306 e. The van der Waals surface area contributed by atoms with E-state index in [9.17, 15) is 13.6 Å². The van der Waals surface area contributed by atoms with Crippen molar-refractivity contribution < 1.29 is 23.4 Å². The number of carbonyl (C=O) groups is 1. The van der Waals surface area contributed by atoms with Gasteiger partial charge in [0.05, 0.1) is 19.6 Å². The van der Waals surface area contributed by atoms with Crippen LogP contribution in [0.25, 0.3) is 0 Å². The standard InChI is InChI=1S/C16H23F2NO3/c1-3-11(8-19)12(7-15(21)22-4-2)16-13(17)5-10(9-20)6-14(16)18/h5-6,11-12,20H,3-4,7-9,19H2,1-2H3. The Hall–Kier alpha value is -1.53. The normalized spacial score (nSPS) is 13.7. The molecule has 1 rings (SSSR count). The van der Waals surface area contributed by atoms with Crippen LogP contribution in [0.1, 0.15) is 43.7 Å². The fourth-order valence-corrected chi connectivity index (χ4v) is 2.60. The number of esters is 1. The van der Waals surface area contributed by atoms with Gasteiger partial charge in [-0.3, -0.25) is 4.79 Å². The summed E-state index contributed by atoms with van der Waals surface area (Å²) in [4.78, 5) is 11.8. The second kappa shape index (κ2) is 8.80. The van der Waals surface area contributed by atoms with Crippen LogP contribution in [-0.2, 0) is 16.1 Å². The van der Waals surface area contributed by atoms with Crippen molar-refractivity contribution in [3.05, 3.63) is 34.9 Å². The van der Waals surface area contributed by atoms with Crippen molar-refractivity contribution in [2.24, 2.45) is 11.7 Å². The van der Waals surface area contributed by atoms with E-state index in [1.54, 1.807) is 6.92 Å². The molecule has 4 nitrogen and oxygen atoms in total. The molecule has 0 aliphatic heterocycles. The van der Waals surface area contributed by atoms with Crippen LogP contribution < -0.4 is 5.73 Å². The van der Waals surface area contributed by atoms with E-state index in [4.69, 9.17) is 15.6 Å². The summed E-state index contributed by atoms with van der Waals surface area (Å²) in [5.74, 6) is -2.99. The van der Waals surface area contributed by atoms with Crippen molar-refractivity contribution in [1.82, 2.24) is 0 Å². The Morgan fingerprint density at radius 2 is 1.91 bits per heavy atom. The van der Waals surface area contributed by atoms with Crippen molar-refractivity contribution in [2.45, 2.75) is 39.2 Å². The summed E-state index contributed by atoms with van der Waals surface area (Å²) in [6, 6.07) is 2.17. The van der Waals surface area contributed by atoms with E-state index in [0.717, 1.165) is 12.1 Å². The molecular weight excluding hydrogens is 292 g/mol. The number of nitrogens with two attached hydrogens (primary N) is 1. The molecule has 2 atom stereocenters. The third-order valence-electron chi connectivity index (χ3n) is 3.78. The van der Waals surface area contributed by atoms with Crippen molar-refractivity contribution in [3.63, 3.8) is 0 Å². The molecule has 0 aliphatic carbocycles. The minimum atomic E-state index is -0.773. The number of aliphatic hydroxyl groups is 1. The van der Waals surface area contributed by atoms with E-state index in [2.05, 4.69) is 0 Å². The number of carbonyl (C=O) groups excluding carboxylic acids is 1. The largest absolute Gasteiger partial charge is 0.466 e. The second-order valence-corrected chi connectivity index (χ2v) is 5.15. The number of rotatable bonds is 8. The van der Waals surface area contributed by atoms with Crippen LogP contribution in [0.5, 0.6) is 0 Å². The highest BCUT2D eigenvalue weighted by Crippen LogP contribution is 2.34. The van der Waals surface area contributed by atoms with Crippen LogP contribution in [0, 0.1) is 17.6 Å². The first-order valence-electron chi connectivity index (χ1n) is 7.42. The molecule has 0 saturated heterocycles. The maximum atomic E-state index is 14.3. The van der Waals surface area contributed by atoms with Crippen LogP contribution in [0.4, 0.5) is 8.78 Å². The highest BCUT2D eigenvalue weighted by atomic mass is 19.1. The smallest absolute Gasteiger partial charge is 0.306 e. The lowest BCUT2D eigenvalue weighted by Gasteiger charge is -2.26. The van der Waals surface area contributed by atoms with Gasteiger partial charge in [-0.25, -0.2) is 8.78 Å². The molecule has 3 N–H and O–H groups in total. The molecule has 0 spiro atoms. The third kappa shape index (κ3) is 4.48. The van der Waals surface area contributed by atoms with Gasteiger partial charge >= 0.3 is 5.97 Å². The molecule has 0 aliphatic rings. The summed E-state index contributed by atoms with van der Waals surface area (Å²) in [5, 5.41) is 9.01. The zero-order valence-electron chi connectivity index (χ0n) is 12.9. The van der Waals surface area contributed by atoms with Gasteiger partial charge in [0.25, 0.3) is 0 Å². The first kappa shape index (κ1) is 18.5. The highest BCUT2D eigenvalue weighted by Gasteiger charge is 2.29. The number of hydrogen-bond donors (Lipinski definition) is 2. The summed E-state index contributed by atoms with van der Waals surface area (Å²) in [6.07, 6.45) is 0.455. The van der Waals surface area contributed by atoms with Gasteiger partial charge in [-0.05, 0) is 37.1 Å². The molecule has 0 amide bonds. The Kier molecular flexibility index (Phi) is 7.41. The molecule has 0 saturated carbocycles. The lowest BCUT2D eigenvalue weighted by Crippen LogP contribution is -2.26. The first-order chi connectivity index (χ1) is 10.5. The van der Waals surface area contributed by atoms with Gasteiger partial charge in [-0.1, -0.05) is 13.3 Å². The highest BCUT2D eigenvalue weighted by molar-refractivity contribution is 5.70. The Morgan fingerprint density at radius 3 is 2.32 bits per heavy atom. The lowest BCUT2D eigenvalue weighted by atomic mass is 9.81.